The first-order chi connectivity index (χ1) is 12.0. The first-order valence-electron chi connectivity index (χ1n) is 8.38. The van der Waals surface area contributed by atoms with Gasteiger partial charge in [-0.3, -0.25) is 9.59 Å². The molecule has 1 unspecified atom stereocenters. The van der Waals surface area contributed by atoms with E-state index in [0.29, 0.717) is 10.6 Å². The van der Waals surface area contributed by atoms with Gasteiger partial charge in [0, 0.05) is 34.4 Å². The fraction of sp³-hybridized carbons (Fsp3) is 0.300. The van der Waals surface area contributed by atoms with Crippen molar-refractivity contribution in [1.29, 1.82) is 0 Å². The molecule has 0 aromatic heterocycles. The summed E-state index contributed by atoms with van der Waals surface area (Å²) in [5, 5.41) is 0.694. The highest BCUT2D eigenvalue weighted by Crippen LogP contribution is 2.33. The summed E-state index contributed by atoms with van der Waals surface area (Å²) in [6.07, 6.45) is 2.43. The third-order valence-electron chi connectivity index (χ3n) is 4.56. The maximum absolute atomic E-state index is 12.6. The van der Waals surface area contributed by atoms with Gasteiger partial charge in [-0.15, -0.1) is 0 Å². The molecule has 0 radical (unpaired) electrons. The van der Waals surface area contributed by atoms with Gasteiger partial charge in [0.25, 0.3) is 0 Å². The van der Waals surface area contributed by atoms with Crippen LogP contribution in [0.15, 0.2) is 53.0 Å². The molecule has 1 heterocycles. The van der Waals surface area contributed by atoms with Crippen molar-refractivity contribution < 1.29 is 9.59 Å². The van der Waals surface area contributed by atoms with Gasteiger partial charge in [-0.1, -0.05) is 51.8 Å². The zero-order chi connectivity index (χ0) is 17.8. The zero-order valence-corrected chi connectivity index (χ0v) is 16.1. The molecule has 3 nitrogen and oxygen atoms in total. The minimum Gasteiger partial charge on any atom is -0.336 e. The topological polar surface area (TPSA) is 37.4 Å². The number of amides is 1. The van der Waals surface area contributed by atoms with E-state index in [1.54, 1.807) is 12.1 Å². The highest BCUT2D eigenvalue weighted by molar-refractivity contribution is 9.10. The first kappa shape index (κ1) is 18.2. The van der Waals surface area contributed by atoms with Gasteiger partial charge < -0.3 is 4.90 Å². The number of rotatable bonds is 5. The molecule has 2 aromatic carbocycles. The molecule has 0 saturated carbocycles. The largest absolute Gasteiger partial charge is 0.336 e. The number of carbonyl (C=O) groups excluding carboxylic acids is 2. The molecule has 3 rings (SSSR count). The number of hydrogen-bond acceptors (Lipinski definition) is 2. The van der Waals surface area contributed by atoms with Gasteiger partial charge in [0.1, 0.15) is 0 Å². The Morgan fingerprint density at radius 3 is 2.40 bits per heavy atom. The van der Waals surface area contributed by atoms with Crippen LogP contribution < -0.4 is 0 Å². The van der Waals surface area contributed by atoms with Gasteiger partial charge in [-0.2, -0.15) is 0 Å². The maximum Gasteiger partial charge on any atom is 0.223 e. The summed E-state index contributed by atoms with van der Waals surface area (Å²) in [6, 6.07) is 15.0. The van der Waals surface area contributed by atoms with Crippen LogP contribution in [0.5, 0.6) is 0 Å². The molecule has 1 saturated heterocycles. The van der Waals surface area contributed by atoms with Crippen LogP contribution >= 0.6 is 27.5 Å². The van der Waals surface area contributed by atoms with Gasteiger partial charge >= 0.3 is 0 Å². The number of hydrogen-bond donors (Lipinski definition) is 0. The Balaban J connectivity index is 1.61. The van der Waals surface area contributed by atoms with Crippen molar-refractivity contribution >= 4 is 39.2 Å². The molecule has 1 fully saturated rings. The predicted molar refractivity (Wildman–Crippen MR) is 103 cm³/mol. The Hall–Kier alpha value is -1.65. The summed E-state index contributed by atoms with van der Waals surface area (Å²) in [4.78, 5) is 26.8. The van der Waals surface area contributed by atoms with Crippen LogP contribution in [0.25, 0.3) is 0 Å². The molecule has 0 spiro atoms. The molecule has 25 heavy (non-hydrogen) atoms. The second-order valence-electron chi connectivity index (χ2n) is 6.23. The van der Waals surface area contributed by atoms with Crippen LogP contribution in [-0.2, 0) is 4.79 Å². The number of Topliss-reactive ketones (excluding diaryl/α,β-unsaturated/α-hetero) is 1. The Kier molecular flexibility index (Phi) is 5.92. The molecule has 130 valence electrons. The van der Waals surface area contributed by atoms with Gasteiger partial charge in [-0.25, -0.2) is 0 Å². The van der Waals surface area contributed by atoms with E-state index in [0.717, 1.165) is 29.4 Å². The number of halogens is 2. The van der Waals surface area contributed by atoms with Gasteiger partial charge in [-0.05, 0) is 42.7 Å². The molecule has 0 bridgehead atoms. The average molecular weight is 421 g/mol. The summed E-state index contributed by atoms with van der Waals surface area (Å²) in [5.41, 5.74) is 1.75. The van der Waals surface area contributed by atoms with Crippen molar-refractivity contribution in [3.63, 3.8) is 0 Å². The molecule has 2 aromatic rings. The fourth-order valence-electron chi connectivity index (χ4n) is 3.24. The summed E-state index contributed by atoms with van der Waals surface area (Å²) in [6.45, 7) is 0.749. The van der Waals surface area contributed by atoms with E-state index < -0.39 is 0 Å². The monoisotopic (exact) mass is 419 g/mol. The highest BCUT2D eigenvalue weighted by Gasteiger charge is 2.29. The average Bonchev–Trinajstić information content (AvgIpc) is 3.10. The lowest BCUT2D eigenvalue weighted by Crippen LogP contribution is -2.30. The fourth-order valence-corrected chi connectivity index (χ4v) is 3.63. The van der Waals surface area contributed by atoms with Crippen LogP contribution in [0.3, 0.4) is 0 Å². The van der Waals surface area contributed by atoms with Crippen molar-refractivity contribution in [2.75, 3.05) is 6.54 Å². The Labute approximate surface area is 161 Å². The van der Waals surface area contributed by atoms with Gasteiger partial charge in [0.15, 0.2) is 5.78 Å². The number of benzene rings is 2. The van der Waals surface area contributed by atoms with Crippen molar-refractivity contribution in [3.8, 4) is 0 Å². The third-order valence-corrected chi connectivity index (χ3v) is 5.34. The molecule has 0 aliphatic carbocycles. The zero-order valence-electron chi connectivity index (χ0n) is 13.8. The minimum absolute atomic E-state index is 0.00286. The molecular weight excluding hydrogens is 402 g/mol. The number of nitrogens with zero attached hydrogens (tertiary/aromatic N) is 1. The summed E-state index contributed by atoms with van der Waals surface area (Å²) >= 11 is 9.30. The normalized spacial score (nSPS) is 16.9. The van der Waals surface area contributed by atoms with Gasteiger partial charge in [0.05, 0.1) is 6.04 Å². The van der Waals surface area contributed by atoms with Crippen LogP contribution in [0, 0.1) is 0 Å². The van der Waals surface area contributed by atoms with Crippen molar-refractivity contribution in [2.24, 2.45) is 0 Å². The van der Waals surface area contributed by atoms with Crippen molar-refractivity contribution in [2.45, 2.75) is 31.7 Å². The molecular formula is C20H19BrClNO2. The molecule has 1 amide bonds. The van der Waals surface area contributed by atoms with Crippen LogP contribution in [0.1, 0.15) is 47.6 Å². The van der Waals surface area contributed by atoms with Crippen molar-refractivity contribution in [3.05, 3.63) is 69.2 Å². The van der Waals surface area contributed by atoms with E-state index in [1.807, 2.05) is 41.3 Å². The number of carbonyl (C=O) groups is 2. The maximum atomic E-state index is 12.6. The highest BCUT2D eigenvalue weighted by atomic mass is 79.9. The standard InChI is InChI=1S/C20H19BrClNO2/c21-16-7-3-15(4-8-16)19(24)11-12-20(25)23-13-1-2-18(23)14-5-9-17(22)10-6-14/h3-10,18H,1-2,11-13H2. The summed E-state index contributed by atoms with van der Waals surface area (Å²) in [5.74, 6) is 0.0472. The van der Waals surface area contributed by atoms with E-state index >= 15 is 0 Å². The first-order valence-corrected chi connectivity index (χ1v) is 9.55. The molecule has 1 aliphatic rings. The number of likely N-dealkylation sites (tertiary alicyclic amines) is 1. The summed E-state index contributed by atoms with van der Waals surface area (Å²) < 4.78 is 0.933. The van der Waals surface area contributed by atoms with E-state index in [1.165, 1.54) is 0 Å². The van der Waals surface area contributed by atoms with Crippen LogP contribution in [0.4, 0.5) is 0 Å². The minimum atomic E-state index is 0.00286. The Morgan fingerprint density at radius 1 is 1.04 bits per heavy atom. The van der Waals surface area contributed by atoms with Crippen LogP contribution in [0.2, 0.25) is 5.02 Å². The molecule has 1 atom stereocenters. The van der Waals surface area contributed by atoms with E-state index in [9.17, 15) is 9.59 Å². The Bertz CT molecular complexity index is 758. The molecule has 0 N–H and O–H groups in total. The lowest BCUT2D eigenvalue weighted by molar-refractivity contribution is -0.132. The second-order valence-corrected chi connectivity index (χ2v) is 7.58. The second kappa shape index (κ2) is 8.15. The smallest absolute Gasteiger partial charge is 0.223 e. The van der Waals surface area contributed by atoms with Gasteiger partial charge in [0.2, 0.25) is 5.91 Å². The molecule has 1 aliphatic heterocycles. The SMILES string of the molecule is O=C(CCC(=O)N1CCCC1c1ccc(Cl)cc1)c1ccc(Br)cc1. The quantitative estimate of drug-likeness (QED) is 0.605. The van der Waals surface area contributed by atoms with E-state index in [2.05, 4.69) is 15.9 Å². The van der Waals surface area contributed by atoms with E-state index in [-0.39, 0.29) is 30.6 Å². The summed E-state index contributed by atoms with van der Waals surface area (Å²) in [7, 11) is 0. The molecule has 5 heteroatoms. The Morgan fingerprint density at radius 2 is 1.72 bits per heavy atom. The lowest BCUT2D eigenvalue weighted by Gasteiger charge is -2.25. The van der Waals surface area contributed by atoms with Crippen molar-refractivity contribution in [1.82, 2.24) is 4.90 Å². The van der Waals surface area contributed by atoms with E-state index in [4.69, 9.17) is 11.6 Å². The van der Waals surface area contributed by atoms with Crippen LogP contribution in [-0.4, -0.2) is 23.1 Å². The third kappa shape index (κ3) is 4.50. The number of ketones is 1. The predicted octanol–water partition coefficient (Wildman–Crippen LogP) is 5.43. The lowest BCUT2D eigenvalue weighted by atomic mass is 10.0.